The van der Waals surface area contributed by atoms with Gasteiger partial charge >= 0.3 is 0 Å². The summed E-state index contributed by atoms with van der Waals surface area (Å²) >= 11 is 0. The Morgan fingerprint density at radius 1 is 1.21 bits per heavy atom. The molecule has 2 rings (SSSR count). The number of aliphatic hydroxyl groups is 1. The maximum atomic E-state index is 10.6. The van der Waals surface area contributed by atoms with Crippen LogP contribution in [-0.2, 0) is 0 Å². The maximum Gasteiger partial charge on any atom is 0.124 e. The predicted octanol–water partition coefficient (Wildman–Crippen LogP) is 3.24. The van der Waals surface area contributed by atoms with E-state index in [-0.39, 0.29) is 5.92 Å². The number of aryl methyl sites for hydroxylation is 1. The molecule has 0 amide bonds. The molecule has 0 aliphatic carbocycles. The fourth-order valence-corrected chi connectivity index (χ4v) is 2.16. The Balaban J connectivity index is 2.33. The molecule has 1 aromatic heterocycles. The van der Waals surface area contributed by atoms with E-state index in [0.29, 0.717) is 5.75 Å². The van der Waals surface area contributed by atoms with Crippen LogP contribution in [0.1, 0.15) is 35.8 Å². The van der Waals surface area contributed by atoms with Crippen LogP contribution in [0.25, 0.3) is 0 Å². The van der Waals surface area contributed by atoms with Crippen LogP contribution in [0.3, 0.4) is 0 Å². The van der Waals surface area contributed by atoms with Gasteiger partial charge in [-0.05, 0) is 31.2 Å². The summed E-state index contributed by atoms with van der Waals surface area (Å²) in [4.78, 5) is 4.30. The molecular weight excluding hydrogens is 238 g/mol. The number of nitrogens with zero attached hydrogens (tertiary/aromatic N) is 1. The van der Waals surface area contributed by atoms with Crippen molar-refractivity contribution in [1.29, 1.82) is 0 Å². The SMILES string of the molecule is COc1ccc(C)cc1C(O)C(C)c1ccccn1. The standard InChI is InChI=1S/C16H19NO2/c1-11-7-8-15(19-3)13(10-11)16(18)12(2)14-6-4-5-9-17-14/h4-10,12,16,18H,1-3H3. The molecule has 0 spiro atoms. The van der Waals surface area contributed by atoms with Gasteiger partial charge in [0.15, 0.2) is 0 Å². The zero-order valence-corrected chi connectivity index (χ0v) is 11.5. The molecule has 0 saturated carbocycles. The molecule has 1 aromatic carbocycles. The highest BCUT2D eigenvalue weighted by molar-refractivity contribution is 5.39. The summed E-state index contributed by atoms with van der Waals surface area (Å²) in [6.07, 6.45) is 1.11. The zero-order valence-electron chi connectivity index (χ0n) is 11.5. The fourth-order valence-electron chi connectivity index (χ4n) is 2.16. The van der Waals surface area contributed by atoms with Crippen molar-refractivity contribution in [3.8, 4) is 5.75 Å². The van der Waals surface area contributed by atoms with Crippen LogP contribution in [0, 0.1) is 6.92 Å². The highest BCUT2D eigenvalue weighted by atomic mass is 16.5. The van der Waals surface area contributed by atoms with Crippen LogP contribution in [0.5, 0.6) is 5.75 Å². The summed E-state index contributed by atoms with van der Waals surface area (Å²) in [5, 5.41) is 10.6. The summed E-state index contributed by atoms with van der Waals surface area (Å²) in [6, 6.07) is 11.5. The van der Waals surface area contributed by atoms with E-state index in [9.17, 15) is 5.11 Å². The van der Waals surface area contributed by atoms with Crippen LogP contribution in [-0.4, -0.2) is 17.2 Å². The molecule has 0 radical (unpaired) electrons. The average molecular weight is 257 g/mol. The maximum absolute atomic E-state index is 10.6. The normalized spacial score (nSPS) is 13.9. The van der Waals surface area contributed by atoms with Crippen molar-refractivity contribution in [2.45, 2.75) is 25.9 Å². The molecule has 2 aromatic rings. The number of rotatable bonds is 4. The number of aliphatic hydroxyl groups excluding tert-OH is 1. The first-order valence-electron chi connectivity index (χ1n) is 6.37. The lowest BCUT2D eigenvalue weighted by Gasteiger charge is -2.21. The van der Waals surface area contributed by atoms with Crippen LogP contribution < -0.4 is 4.74 Å². The minimum Gasteiger partial charge on any atom is -0.496 e. The van der Waals surface area contributed by atoms with Crippen LogP contribution >= 0.6 is 0 Å². The molecule has 2 atom stereocenters. The molecule has 3 heteroatoms. The number of hydrogen-bond acceptors (Lipinski definition) is 3. The molecule has 1 N–H and O–H groups in total. The molecule has 0 saturated heterocycles. The van der Waals surface area contributed by atoms with Crippen molar-refractivity contribution in [1.82, 2.24) is 4.98 Å². The van der Waals surface area contributed by atoms with Gasteiger partial charge in [-0.2, -0.15) is 0 Å². The second-order valence-corrected chi connectivity index (χ2v) is 4.73. The minimum absolute atomic E-state index is 0.0862. The van der Waals surface area contributed by atoms with E-state index < -0.39 is 6.10 Å². The van der Waals surface area contributed by atoms with E-state index in [2.05, 4.69) is 4.98 Å². The molecule has 100 valence electrons. The van der Waals surface area contributed by atoms with Crippen molar-refractivity contribution in [2.75, 3.05) is 7.11 Å². The topological polar surface area (TPSA) is 42.4 Å². The van der Waals surface area contributed by atoms with E-state index in [1.165, 1.54) is 0 Å². The van der Waals surface area contributed by atoms with Crippen molar-refractivity contribution >= 4 is 0 Å². The van der Waals surface area contributed by atoms with Crippen molar-refractivity contribution in [3.05, 3.63) is 59.4 Å². The average Bonchev–Trinajstić information content (AvgIpc) is 2.46. The second-order valence-electron chi connectivity index (χ2n) is 4.73. The first kappa shape index (κ1) is 13.6. The van der Waals surface area contributed by atoms with Crippen LogP contribution in [0.15, 0.2) is 42.6 Å². The number of hydrogen-bond donors (Lipinski definition) is 1. The lowest BCUT2D eigenvalue weighted by molar-refractivity contribution is 0.146. The summed E-state index contributed by atoms with van der Waals surface area (Å²) in [5.74, 6) is 0.623. The van der Waals surface area contributed by atoms with Gasteiger partial charge in [0.05, 0.1) is 13.2 Å². The number of benzene rings is 1. The van der Waals surface area contributed by atoms with Crippen LogP contribution in [0.2, 0.25) is 0 Å². The number of pyridine rings is 1. The Labute approximate surface area is 113 Å². The van der Waals surface area contributed by atoms with Crippen molar-refractivity contribution in [3.63, 3.8) is 0 Å². The Morgan fingerprint density at radius 2 is 2.00 bits per heavy atom. The van der Waals surface area contributed by atoms with Gasteiger partial charge in [0.25, 0.3) is 0 Å². The summed E-state index contributed by atoms with van der Waals surface area (Å²) in [6.45, 7) is 3.97. The summed E-state index contributed by atoms with van der Waals surface area (Å²) in [7, 11) is 1.62. The lowest BCUT2D eigenvalue weighted by atomic mass is 9.92. The summed E-state index contributed by atoms with van der Waals surface area (Å²) in [5.41, 5.74) is 2.78. The van der Waals surface area contributed by atoms with E-state index in [4.69, 9.17) is 4.74 Å². The van der Waals surface area contributed by atoms with Gasteiger partial charge in [-0.15, -0.1) is 0 Å². The largest absolute Gasteiger partial charge is 0.496 e. The molecular formula is C16H19NO2. The Bertz CT molecular complexity index is 540. The fraction of sp³-hybridized carbons (Fsp3) is 0.312. The Hall–Kier alpha value is -1.87. The van der Waals surface area contributed by atoms with Crippen molar-refractivity contribution in [2.24, 2.45) is 0 Å². The third-order valence-electron chi connectivity index (χ3n) is 3.33. The molecule has 0 bridgehead atoms. The van der Waals surface area contributed by atoms with Gasteiger partial charge < -0.3 is 9.84 Å². The summed E-state index contributed by atoms with van der Waals surface area (Å²) < 4.78 is 5.33. The monoisotopic (exact) mass is 257 g/mol. The molecule has 0 aliphatic heterocycles. The van der Waals surface area contributed by atoms with Crippen molar-refractivity contribution < 1.29 is 9.84 Å². The van der Waals surface area contributed by atoms with Gasteiger partial charge in [-0.25, -0.2) is 0 Å². The highest BCUT2D eigenvalue weighted by Crippen LogP contribution is 2.35. The van der Waals surface area contributed by atoms with Gasteiger partial charge in [-0.1, -0.05) is 24.6 Å². The lowest BCUT2D eigenvalue weighted by Crippen LogP contribution is -2.10. The predicted molar refractivity (Wildman–Crippen MR) is 75.3 cm³/mol. The molecule has 0 aliphatic rings. The van der Waals surface area contributed by atoms with E-state index >= 15 is 0 Å². The molecule has 0 fully saturated rings. The van der Waals surface area contributed by atoms with Gasteiger partial charge in [0.1, 0.15) is 5.75 Å². The first-order valence-corrected chi connectivity index (χ1v) is 6.37. The zero-order chi connectivity index (χ0) is 13.8. The smallest absolute Gasteiger partial charge is 0.124 e. The minimum atomic E-state index is -0.634. The quantitative estimate of drug-likeness (QED) is 0.914. The third kappa shape index (κ3) is 2.93. The van der Waals surface area contributed by atoms with Gasteiger partial charge in [0.2, 0.25) is 0 Å². The third-order valence-corrected chi connectivity index (χ3v) is 3.33. The number of ether oxygens (including phenoxy) is 1. The molecule has 19 heavy (non-hydrogen) atoms. The van der Waals surface area contributed by atoms with E-state index in [1.54, 1.807) is 13.3 Å². The van der Waals surface area contributed by atoms with Gasteiger partial charge in [-0.3, -0.25) is 4.98 Å². The Kier molecular flexibility index (Phi) is 4.17. The highest BCUT2D eigenvalue weighted by Gasteiger charge is 2.22. The van der Waals surface area contributed by atoms with E-state index in [1.807, 2.05) is 50.2 Å². The van der Waals surface area contributed by atoms with Crippen LogP contribution in [0.4, 0.5) is 0 Å². The molecule has 3 nitrogen and oxygen atoms in total. The van der Waals surface area contributed by atoms with Gasteiger partial charge in [0, 0.05) is 23.4 Å². The molecule has 2 unspecified atom stereocenters. The Morgan fingerprint density at radius 3 is 2.63 bits per heavy atom. The van der Waals surface area contributed by atoms with E-state index in [0.717, 1.165) is 16.8 Å². The molecule has 1 heterocycles. The number of methoxy groups -OCH3 is 1. The first-order chi connectivity index (χ1) is 9.13. The number of aromatic nitrogens is 1. The second kappa shape index (κ2) is 5.85.